The second kappa shape index (κ2) is 13.5. The summed E-state index contributed by atoms with van der Waals surface area (Å²) in [6.45, 7) is 5.76. The van der Waals surface area contributed by atoms with Crippen LogP contribution in [0, 0.1) is 0 Å². The fourth-order valence-electron chi connectivity index (χ4n) is 3.52. The van der Waals surface area contributed by atoms with E-state index in [-0.39, 0.29) is 12.2 Å². The highest BCUT2D eigenvalue weighted by Crippen LogP contribution is 2.19. The Bertz CT molecular complexity index is 681. The maximum absolute atomic E-state index is 5.83. The molecule has 0 aliphatic heterocycles. The van der Waals surface area contributed by atoms with Gasteiger partial charge in [0.05, 0.1) is 12.2 Å². The zero-order valence-electron chi connectivity index (χ0n) is 19.3. The number of hydrogen-bond acceptors (Lipinski definition) is 5. The van der Waals surface area contributed by atoms with E-state index in [9.17, 15) is 0 Å². The van der Waals surface area contributed by atoms with E-state index in [2.05, 4.69) is 84.4 Å². The summed E-state index contributed by atoms with van der Waals surface area (Å²) < 4.78 is 11.6. The zero-order valence-corrected chi connectivity index (χ0v) is 19.3. The second-order valence-electron chi connectivity index (χ2n) is 8.14. The Kier molecular flexibility index (Phi) is 11.0. The fraction of sp³-hybridized carbons (Fsp3) is 0.520. The molecule has 0 saturated heterocycles. The first kappa shape index (κ1) is 24.5. The van der Waals surface area contributed by atoms with Gasteiger partial charge < -0.3 is 19.3 Å². The smallest absolute Gasteiger partial charge is 0.0947 e. The lowest BCUT2D eigenvalue weighted by molar-refractivity contribution is 0.0490. The lowest BCUT2D eigenvalue weighted by Crippen LogP contribution is -2.40. The van der Waals surface area contributed by atoms with Crippen molar-refractivity contribution in [2.24, 2.45) is 0 Å². The summed E-state index contributed by atoms with van der Waals surface area (Å²) in [5.74, 6) is 0. The molecule has 0 fully saturated rings. The standard InChI is InChI=1S/C25H39N3O2/c1-26(2)16-18-28(21-25(30-5)23-14-10-7-11-15-23)19-17-27(3)20-24(29-4)22-12-8-6-9-13-22/h6-15,24-25H,16-21H2,1-5H3. The highest BCUT2D eigenvalue weighted by molar-refractivity contribution is 5.18. The Morgan fingerprint density at radius 3 is 1.57 bits per heavy atom. The SMILES string of the molecule is COC(CN(C)CCN(CCN(C)C)CC(OC)c1ccccc1)c1ccccc1. The molecule has 2 atom stereocenters. The lowest BCUT2D eigenvalue weighted by atomic mass is 10.1. The van der Waals surface area contributed by atoms with Crippen molar-refractivity contribution in [3.8, 4) is 0 Å². The summed E-state index contributed by atoms with van der Waals surface area (Å²) in [4.78, 5) is 7.09. The Morgan fingerprint density at radius 1 is 0.633 bits per heavy atom. The zero-order chi connectivity index (χ0) is 21.8. The van der Waals surface area contributed by atoms with Crippen LogP contribution in [-0.2, 0) is 9.47 Å². The lowest BCUT2D eigenvalue weighted by Gasteiger charge is -2.30. The van der Waals surface area contributed by atoms with Gasteiger partial charge in [0.2, 0.25) is 0 Å². The highest BCUT2D eigenvalue weighted by Gasteiger charge is 2.18. The van der Waals surface area contributed by atoms with Crippen LogP contribution in [0.5, 0.6) is 0 Å². The van der Waals surface area contributed by atoms with Crippen LogP contribution in [0.15, 0.2) is 60.7 Å². The maximum Gasteiger partial charge on any atom is 0.0947 e. The molecule has 0 N–H and O–H groups in total. The fourth-order valence-corrected chi connectivity index (χ4v) is 3.52. The van der Waals surface area contributed by atoms with Crippen LogP contribution in [-0.4, -0.2) is 89.3 Å². The molecule has 5 nitrogen and oxygen atoms in total. The quantitative estimate of drug-likeness (QED) is 0.472. The summed E-state index contributed by atoms with van der Waals surface area (Å²) in [5.41, 5.74) is 2.45. The molecule has 0 bridgehead atoms. The minimum Gasteiger partial charge on any atom is -0.375 e. The molecule has 2 rings (SSSR count). The van der Waals surface area contributed by atoms with Crippen LogP contribution in [0.1, 0.15) is 23.3 Å². The van der Waals surface area contributed by atoms with Gasteiger partial charge in [-0.15, -0.1) is 0 Å². The molecule has 0 saturated carbocycles. The number of methoxy groups -OCH3 is 2. The van der Waals surface area contributed by atoms with Crippen molar-refractivity contribution >= 4 is 0 Å². The summed E-state index contributed by atoms with van der Waals surface area (Å²) >= 11 is 0. The minimum atomic E-state index is 0.0784. The van der Waals surface area contributed by atoms with Crippen LogP contribution < -0.4 is 0 Å². The van der Waals surface area contributed by atoms with Crippen LogP contribution >= 0.6 is 0 Å². The Labute approximate surface area is 183 Å². The van der Waals surface area contributed by atoms with Crippen LogP contribution in [0.2, 0.25) is 0 Å². The molecule has 0 heterocycles. The molecule has 30 heavy (non-hydrogen) atoms. The van der Waals surface area contributed by atoms with E-state index in [1.807, 2.05) is 12.1 Å². The van der Waals surface area contributed by atoms with Gasteiger partial charge in [-0.05, 0) is 32.3 Å². The first-order valence-corrected chi connectivity index (χ1v) is 10.7. The third-order valence-electron chi connectivity index (χ3n) is 5.47. The molecule has 0 aliphatic carbocycles. The molecular weight excluding hydrogens is 374 g/mol. The minimum absolute atomic E-state index is 0.0784. The number of rotatable bonds is 14. The normalized spacial score (nSPS) is 13.9. The molecule has 0 amide bonds. The molecule has 166 valence electrons. The summed E-state index contributed by atoms with van der Waals surface area (Å²) in [7, 11) is 10.0. The Morgan fingerprint density at radius 2 is 1.10 bits per heavy atom. The number of ether oxygens (including phenoxy) is 2. The third kappa shape index (κ3) is 8.54. The van der Waals surface area contributed by atoms with Crippen molar-refractivity contribution in [1.29, 1.82) is 0 Å². The predicted octanol–water partition coefficient (Wildman–Crippen LogP) is 3.56. The van der Waals surface area contributed by atoms with E-state index < -0.39 is 0 Å². The van der Waals surface area contributed by atoms with Crippen LogP contribution in [0.25, 0.3) is 0 Å². The Hall–Kier alpha value is -1.76. The topological polar surface area (TPSA) is 28.2 Å². The Balaban J connectivity index is 1.94. The maximum atomic E-state index is 5.83. The molecule has 0 aliphatic rings. The second-order valence-corrected chi connectivity index (χ2v) is 8.14. The molecule has 5 heteroatoms. The van der Waals surface area contributed by atoms with Gasteiger partial charge in [0, 0.05) is 53.5 Å². The van der Waals surface area contributed by atoms with E-state index in [1.54, 1.807) is 14.2 Å². The van der Waals surface area contributed by atoms with Gasteiger partial charge in [0.25, 0.3) is 0 Å². The van der Waals surface area contributed by atoms with Gasteiger partial charge in [0.15, 0.2) is 0 Å². The highest BCUT2D eigenvalue weighted by atomic mass is 16.5. The number of nitrogens with zero attached hydrogens (tertiary/aromatic N) is 3. The van der Waals surface area contributed by atoms with Gasteiger partial charge in [-0.2, -0.15) is 0 Å². The monoisotopic (exact) mass is 413 g/mol. The average molecular weight is 414 g/mol. The van der Waals surface area contributed by atoms with E-state index >= 15 is 0 Å². The van der Waals surface area contributed by atoms with E-state index in [4.69, 9.17) is 9.47 Å². The molecule has 2 aromatic carbocycles. The van der Waals surface area contributed by atoms with E-state index in [1.165, 1.54) is 11.1 Å². The van der Waals surface area contributed by atoms with Gasteiger partial charge >= 0.3 is 0 Å². The molecular formula is C25H39N3O2. The third-order valence-corrected chi connectivity index (χ3v) is 5.47. The van der Waals surface area contributed by atoms with Gasteiger partial charge in [-0.1, -0.05) is 60.7 Å². The number of benzene rings is 2. The van der Waals surface area contributed by atoms with Crippen LogP contribution in [0.3, 0.4) is 0 Å². The summed E-state index contributed by atoms with van der Waals surface area (Å²) in [6.07, 6.45) is 0.164. The van der Waals surface area contributed by atoms with Gasteiger partial charge in [-0.3, -0.25) is 4.90 Å². The summed E-state index contributed by atoms with van der Waals surface area (Å²) in [6, 6.07) is 20.9. The average Bonchev–Trinajstić information content (AvgIpc) is 2.78. The molecule has 0 radical (unpaired) electrons. The number of likely N-dealkylation sites (N-methyl/N-ethyl adjacent to an activating group) is 2. The van der Waals surface area contributed by atoms with Crippen molar-refractivity contribution in [3.63, 3.8) is 0 Å². The van der Waals surface area contributed by atoms with Crippen LogP contribution in [0.4, 0.5) is 0 Å². The first-order chi connectivity index (χ1) is 14.5. The number of hydrogen-bond donors (Lipinski definition) is 0. The molecule has 0 spiro atoms. The predicted molar refractivity (Wildman–Crippen MR) is 125 cm³/mol. The van der Waals surface area contributed by atoms with Crippen molar-refractivity contribution in [1.82, 2.24) is 14.7 Å². The molecule has 2 aromatic rings. The van der Waals surface area contributed by atoms with Gasteiger partial charge in [-0.25, -0.2) is 0 Å². The van der Waals surface area contributed by atoms with Crippen molar-refractivity contribution in [3.05, 3.63) is 71.8 Å². The molecule has 0 aromatic heterocycles. The van der Waals surface area contributed by atoms with E-state index in [0.717, 1.165) is 39.3 Å². The van der Waals surface area contributed by atoms with Gasteiger partial charge in [0.1, 0.15) is 0 Å². The van der Waals surface area contributed by atoms with Crippen molar-refractivity contribution in [2.45, 2.75) is 12.2 Å². The van der Waals surface area contributed by atoms with Crippen molar-refractivity contribution < 1.29 is 9.47 Å². The summed E-state index contributed by atoms with van der Waals surface area (Å²) in [5, 5.41) is 0. The molecule has 2 unspecified atom stereocenters. The van der Waals surface area contributed by atoms with E-state index in [0.29, 0.717) is 0 Å². The largest absolute Gasteiger partial charge is 0.375 e. The first-order valence-electron chi connectivity index (χ1n) is 10.7. The van der Waals surface area contributed by atoms with Crippen molar-refractivity contribution in [2.75, 3.05) is 74.6 Å².